The van der Waals surface area contributed by atoms with E-state index in [4.69, 9.17) is 4.74 Å². The highest BCUT2D eigenvalue weighted by Gasteiger charge is 2.02. The van der Waals surface area contributed by atoms with Crippen LogP contribution in [0.2, 0.25) is 0 Å². The fourth-order valence-electron chi connectivity index (χ4n) is 0.562. The smallest absolute Gasteiger partial charge is 0.247 e. The van der Waals surface area contributed by atoms with Crippen LogP contribution in [0.1, 0.15) is 10.5 Å². The molecule has 1 rings (SSSR count). The summed E-state index contributed by atoms with van der Waals surface area (Å²) in [6.07, 6.45) is 1.97. The molecule has 0 fully saturated rings. The number of aromatic nitrogens is 2. The summed E-state index contributed by atoms with van der Waals surface area (Å²) in [5, 5.41) is 0. The van der Waals surface area contributed by atoms with Gasteiger partial charge in [0.1, 0.15) is 5.69 Å². The zero-order valence-corrected chi connectivity index (χ0v) is 7.33. The summed E-state index contributed by atoms with van der Waals surface area (Å²) in [5.74, 6) is 0.371. The van der Waals surface area contributed by atoms with E-state index in [2.05, 4.69) is 25.9 Å². The second-order valence-electron chi connectivity index (χ2n) is 1.71. The van der Waals surface area contributed by atoms with Crippen molar-refractivity contribution >= 4 is 22.2 Å². The lowest BCUT2D eigenvalue weighted by atomic mass is 10.5. The van der Waals surface area contributed by atoms with Gasteiger partial charge in [0.15, 0.2) is 10.9 Å². The highest BCUT2D eigenvalue weighted by molar-refractivity contribution is 9.10. The number of carbonyl (C=O) groups excluding carboxylic acids is 1. The Hall–Kier alpha value is -0.970. The summed E-state index contributed by atoms with van der Waals surface area (Å²) in [6, 6.07) is 0. The van der Waals surface area contributed by atoms with Gasteiger partial charge in [-0.15, -0.1) is 0 Å². The molecule has 0 bridgehead atoms. The van der Waals surface area contributed by atoms with E-state index in [9.17, 15) is 4.79 Å². The fourth-order valence-corrected chi connectivity index (χ4v) is 1.03. The number of rotatable bonds is 2. The molecule has 0 atom stereocenters. The molecule has 0 amide bonds. The average molecular weight is 217 g/mol. The van der Waals surface area contributed by atoms with Crippen LogP contribution in [0.25, 0.3) is 0 Å². The standard InChI is InChI=1S/C6H5BrN2O2/c1-11-6-5(7)9-4(3-10)2-8-6/h2-3H,1H3. The number of aldehydes is 1. The van der Waals surface area contributed by atoms with Crippen molar-refractivity contribution in [1.82, 2.24) is 9.97 Å². The SMILES string of the molecule is COc1ncc(C=O)nc1Br. The van der Waals surface area contributed by atoms with E-state index in [-0.39, 0.29) is 5.69 Å². The molecule has 4 nitrogen and oxygen atoms in total. The lowest BCUT2D eigenvalue weighted by Crippen LogP contribution is -1.94. The van der Waals surface area contributed by atoms with E-state index in [1.54, 1.807) is 0 Å². The Morgan fingerprint density at radius 3 is 2.91 bits per heavy atom. The number of hydrogen-bond donors (Lipinski definition) is 0. The van der Waals surface area contributed by atoms with E-state index in [1.165, 1.54) is 13.3 Å². The van der Waals surface area contributed by atoms with Crippen LogP contribution in [-0.4, -0.2) is 23.4 Å². The third kappa shape index (κ3) is 1.74. The monoisotopic (exact) mass is 216 g/mol. The normalized spacial score (nSPS) is 9.27. The maximum atomic E-state index is 10.2. The van der Waals surface area contributed by atoms with Gasteiger partial charge in [0.25, 0.3) is 0 Å². The van der Waals surface area contributed by atoms with E-state index in [0.29, 0.717) is 16.8 Å². The Labute approximate surface area is 71.7 Å². The van der Waals surface area contributed by atoms with Gasteiger partial charge in [-0.3, -0.25) is 4.79 Å². The molecule has 58 valence electrons. The van der Waals surface area contributed by atoms with Crippen molar-refractivity contribution in [3.8, 4) is 5.88 Å². The predicted octanol–water partition coefficient (Wildman–Crippen LogP) is 1.06. The van der Waals surface area contributed by atoms with Crippen LogP contribution in [-0.2, 0) is 0 Å². The maximum Gasteiger partial charge on any atom is 0.247 e. The third-order valence-electron chi connectivity index (χ3n) is 1.03. The number of hydrogen-bond acceptors (Lipinski definition) is 4. The fraction of sp³-hybridized carbons (Fsp3) is 0.167. The van der Waals surface area contributed by atoms with Gasteiger partial charge in [-0.25, -0.2) is 9.97 Å². The predicted molar refractivity (Wildman–Crippen MR) is 41.7 cm³/mol. The van der Waals surface area contributed by atoms with Crippen LogP contribution in [0, 0.1) is 0 Å². The molecular formula is C6H5BrN2O2. The molecule has 11 heavy (non-hydrogen) atoms. The van der Waals surface area contributed by atoms with Gasteiger partial charge >= 0.3 is 0 Å². The molecule has 0 saturated heterocycles. The second kappa shape index (κ2) is 3.43. The molecule has 0 unspecified atom stereocenters. The summed E-state index contributed by atoms with van der Waals surface area (Å²) in [5.41, 5.74) is 0.276. The van der Waals surface area contributed by atoms with Crippen molar-refractivity contribution in [3.63, 3.8) is 0 Å². The number of methoxy groups -OCH3 is 1. The van der Waals surface area contributed by atoms with Gasteiger partial charge in [-0.1, -0.05) is 0 Å². The van der Waals surface area contributed by atoms with Gasteiger partial charge in [-0.2, -0.15) is 0 Å². The van der Waals surface area contributed by atoms with E-state index in [1.807, 2.05) is 0 Å². The molecular weight excluding hydrogens is 212 g/mol. The topological polar surface area (TPSA) is 52.1 Å². The average Bonchev–Trinajstić information content (AvgIpc) is 2.04. The van der Waals surface area contributed by atoms with Crippen molar-refractivity contribution < 1.29 is 9.53 Å². The summed E-state index contributed by atoms with van der Waals surface area (Å²) >= 11 is 3.09. The van der Waals surface area contributed by atoms with Crippen molar-refractivity contribution in [2.75, 3.05) is 7.11 Å². The zero-order chi connectivity index (χ0) is 8.27. The Balaban J connectivity index is 3.09. The molecule has 5 heteroatoms. The minimum atomic E-state index is 0.276. The highest BCUT2D eigenvalue weighted by atomic mass is 79.9. The molecule has 1 heterocycles. The van der Waals surface area contributed by atoms with Crippen LogP contribution in [0.15, 0.2) is 10.8 Å². The molecule has 0 saturated carbocycles. The molecule has 0 aromatic carbocycles. The van der Waals surface area contributed by atoms with E-state index in [0.717, 1.165) is 0 Å². The summed E-state index contributed by atoms with van der Waals surface area (Å²) < 4.78 is 5.24. The summed E-state index contributed by atoms with van der Waals surface area (Å²) in [6.45, 7) is 0. The first kappa shape index (κ1) is 8.13. The number of ether oxygens (including phenoxy) is 1. The largest absolute Gasteiger partial charge is 0.479 e. The second-order valence-corrected chi connectivity index (χ2v) is 2.46. The van der Waals surface area contributed by atoms with Crippen LogP contribution < -0.4 is 4.74 Å². The van der Waals surface area contributed by atoms with Crippen LogP contribution >= 0.6 is 15.9 Å². The third-order valence-corrected chi connectivity index (χ3v) is 1.55. The molecule has 0 aliphatic rings. The Morgan fingerprint density at radius 2 is 2.45 bits per heavy atom. The summed E-state index contributed by atoms with van der Waals surface area (Å²) in [4.78, 5) is 17.8. The molecule has 0 aliphatic heterocycles. The van der Waals surface area contributed by atoms with Gasteiger partial charge in [0, 0.05) is 0 Å². The maximum absolute atomic E-state index is 10.2. The van der Waals surface area contributed by atoms with E-state index >= 15 is 0 Å². The first-order valence-corrected chi connectivity index (χ1v) is 3.59. The lowest BCUT2D eigenvalue weighted by molar-refractivity contribution is 0.111. The van der Waals surface area contributed by atoms with Gasteiger partial charge < -0.3 is 4.74 Å². The van der Waals surface area contributed by atoms with Crippen molar-refractivity contribution in [3.05, 3.63) is 16.5 Å². The number of carbonyl (C=O) groups is 1. The molecule has 1 aromatic rings. The van der Waals surface area contributed by atoms with Crippen LogP contribution in [0.5, 0.6) is 5.88 Å². The minimum Gasteiger partial charge on any atom is -0.479 e. The quantitative estimate of drug-likeness (QED) is 0.695. The van der Waals surface area contributed by atoms with Gasteiger partial charge in [0.05, 0.1) is 13.3 Å². The van der Waals surface area contributed by atoms with Crippen molar-refractivity contribution in [2.45, 2.75) is 0 Å². The minimum absolute atomic E-state index is 0.276. The molecule has 0 N–H and O–H groups in total. The molecule has 1 aromatic heterocycles. The lowest BCUT2D eigenvalue weighted by Gasteiger charge is -1.99. The van der Waals surface area contributed by atoms with Crippen molar-refractivity contribution in [1.29, 1.82) is 0 Å². The Morgan fingerprint density at radius 1 is 1.73 bits per heavy atom. The van der Waals surface area contributed by atoms with Crippen LogP contribution in [0.4, 0.5) is 0 Å². The Kier molecular flexibility index (Phi) is 2.53. The number of halogens is 1. The zero-order valence-electron chi connectivity index (χ0n) is 5.74. The van der Waals surface area contributed by atoms with E-state index < -0.39 is 0 Å². The molecule has 0 radical (unpaired) electrons. The first-order valence-electron chi connectivity index (χ1n) is 2.79. The Bertz CT molecular complexity index is 277. The van der Waals surface area contributed by atoms with Gasteiger partial charge in [0.2, 0.25) is 5.88 Å². The summed E-state index contributed by atoms with van der Waals surface area (Å²) in [7, 11) is 1.48. The number of nitrogens with zero attached hydrogens (tertiary/aromatic N) is 2. The molecule has 0 spiro atoms. The molecule has 0 aliphatic carbocycles. The highest BCUT2D eigenvalue weighted by Crippen LogP contribution is 2.17. The van der Waals surface area contributed by atoms with Crippen molar-refractivity contribution in [2.24, 2.45) is 0 Å². The first-order chi connectivity index (χ1) is 5.27. The van der Waals surface area contributed by atoms with Gasteiger partial charge in [-0.05, 0) is 15.9 Å². The van der Waals surface area contributed by atoms with Crippen LogP contribution in [0.3, 0.4) is 0 Å².